The molecule has 0 amide bonds. The molecule has 1 fully saturated rings. The summed E-state index contributed by atoms with van der Waals surface area (Å²) in [6, 6.07) is 6.72. The van der Waals surface area contributed by atoms with Crippen molar-refractivity contribution < 1.29 is 0 Å². The molecule has 4 heteroatoms. The van der Waals surface area contributed by atoms with Crippen LogP contribution in [0.1, 0.15) is 91.2 Å². The molecule has 2 heterocycles. The molecule has 1 aromatic rings. The second-order valence-corrected chi connectivity index (χ2v) is 8.29. The Morgan fingerprint density at radius 1 is 1.00 bits per heavy atom. The molecule has 4 nitrogen and oxygen atoms in total. The number of unbranched alkanes of at least 4 members (excludes halogenated alkanes) is 4. The summed E-state index contributed by atoms with van der Waals surface area (Å²) in [5.74, 6) is 0. The first-order valence-electron chi connectivity index (χ1n) is 12.2. The van der Waals surface area contributed by atoms with E-state index in [0.717, 1.165) is 19.5 Å². The van der Waals surface area contributed by atoms with Crippen LogP contribution < -0.4 is 11.1 Å². The molecule has 1 aliphatic heterocycles. The number of likely N-dealkylation sites (tertiary alicyclic amines) is 1. The minimum atomic E-state index is 0.573. The fraction of sp³-hybridized carbons (Fsp3) is 0.800. The SMILES string of the molecule is CC(C)NCCN.CCCCCCCc1ccccn1.CCCN1CCCCC1. The summed E-state index contributed by atoms with van der Waals surface area (Å²) >= 11 is 0. The lowest BCUT2D eigenvalue weighted by Gasteiger charge is -2.25. The van der Waals surface area contributed by atoms with Gasteiger partial charge in [0.25, 0.3) is 0 Å². The molecule has 0 aromatic carbocycles. The van der Waals surface area contributed by atoms with Gasteiger partial charge in [-0.05, 0) is 63.9 Å². The molecular formula is C25H50N4. The van der Waals surface area contributed by atoms with Gasteiger partial charge < -0.3 is 16.0 Å². The van der Waals surface area contributed by atoms with Crippen LogP contribution in [0.15, 0.2) is 24.4 Å². The first-order valence-corrected chi connectivity index (χ1v) is 12.2. The molecule has 0 unspecified atom stereocenters. The zero-order chi connectivity index (χ0) is 21.6. The number of aromatic nitrogens is 1. The Bertz CT molecular complexity index is 413. The Labute approximate surface area is 182 Å². The molecular weight excluding hydrogens is 356 g/mol. The van der Waals surface area contributed by atoms with E-state index < -0.39 is 0 Å². The molecule has 0 spiro atoms. The zero-order valence-corrected chi connectivity index (χ0v) is 20.0. The van der Waals surface area contributed by atoms with Crippen molar-refractivity contribution >= 4 is 0 Å². The lowest BCUT2D eigenvalue weighted by Crippen LogP contribution is -2.30. The van der Waals surface area contributed by atoms with Crippen molar-refractivity contribution in [2.24, 2.45) is 5.73 Å². The average Bonchev–Trinajstić information content (AvgIpc) is 2.75. The Morgan fingerprint density at radius 3 is 2.24 bits per heavy atom. The van der Waals surface area contributed by atoms with E-state index in [2.05, 4.69) is 55.0 Å². The van der Waals surface area contributed by atoms with Gasteiger partial charge in [0, 0.05) is 31.0 Å². The van der Waals surface area contributed by atoms with Crippen molar-refractivity contribution in [3.8, 4) is 0 Å². The van der Waals surface area contributed by atoms with Crippen LogP contribution in [0, 0.1) is 0 Å². The van der Waals surface area contributed by atoms with Gasteiger partial charge in [-0.1, -0.05) is 65.9 Å². The lowest BCUT2D eigenvalue weighted by atomic mass is 10.1. The van der Waals surface area contributed by atoms with Gasteiger partial charge in [-0.15, -0.1) is 0 Å². The summed E-state index contributed by atoms with van der Waals surface area (Å²) in [4.78, 5) is 6.87. The second-order valence-electron chi connectivity index (χ2n) is 8.29. The standard InChI is InChI=1S/C12H19N.C8H17N.C5H14N2/c1-2-3-4-5-6-9-12-10-7-8-11-13-12;1-2-6-9-7-4-3-5-8-9;1-5(2)7-4-3-6/h7-8,10-11H,2-6,9H2,1H3;2-8H2,1H3;5,7H,3-4,6H2,1-2H3. The molecule has 2 rings (SSSR count). The summed E-state index contributed by atoms with van der Waals surface area (Å²) in [6.07, 6.45) is 15.4. The molecule has 0 saturated carbocycles. The third-order valence-electron chi connectivity index (χ3n) is 4.95. The van der Waals surface area contributed by atoms with Crippen LogP contribution in [0.4, 0.5) is 0 Å². The molecule has 29 heavy (non-hydrogen) atoms. The van der Waals surface area contributed by atoms with Gasteiger partial charge >= 0.3 is 0 Å². The van der Waals surface area contributed by atoms with E-state index >= 15 is 0 Å². The number of piperidine rings is 1. The maximum atomic E-state index is 5.21. The number of rotatable bonds is 11. The quantitative estimate of drug-likeness (QED) is 0.482. The highest BCUT2D eigenvalue weighted by molar-refractivity contribution is 5.03. The van der Waals surface area contributed by atoms with E-state index in [1.807, 2.05) is 12.3 Å². The summed E-state index contributed by atoms with van der Waals surface area (Å²) in [7, 11) is 0. The van der Waals surface area contributed by atoms with Gasteiger partial charge in [0.2, 0.25) is 0 Å². The number of pyridine rings is 1. The molecule has 1 aromatic heterocycles. The van der Waals surface area contributed by atoms with Crippen molar-refractivity contribution in [2.45, 2.75) is 97.9 Å². The lowest BCUT2D eigenvalue weighted by molar-refractivity contribution is 0.229. The monoisotopic (exact) mass is 406 g/mol. The number of aryl methyl sites for hydroxylation is 1. The van der Waals surface area contributed by atoms with Gasteiger partial charge in [-0.25, -0.2) is 0 Å². The van der Waals surface area contributed by atoms with Crippen molar-refractivity contribution in [2.75, 3.05) is 32.7 Å². The normalized spacial score (nSPS) is 14.0. The van der Waals surface area contributed by atoms with E-state index in [-0.39, 0.29) is 0 Å². The Morgan fingerprint density at radius 2 is 1.72 bits per heavy atom. The first kappa shape index (κ1) is 28.0. The van der Waals surface area contributed by atoms with E-state index in [9.17, 15) is 0 Å². The molecule has 3 N–H and O–H groups in total. The van der Waals surface area contributed by atoms with Crippen molar-refractivity contribution in [3.63, 3.8) is 0 Å². The predicted octanol–water partition coefficient (Wildman–Crippen LogP) is 5.42. The fourth-order valence-electron chi connectivity index (χ4n) is 3.33. The first-order chi connectivity index (χ1) is 14.1. The number of nitrogens with zero attached hydrogens (tertiary/aromatic N) is 2. The second kappa shape index (κ2) is 21.7. The van der Waals surface area contributed by atoms with Crippen molar-refractivity contribution in [1.29, 1.82) is 0 Å². The summed E-state index contributed by atoms with van der Waals surface area (Å²) in [6.45, 7) is 14.4. The Kier molecular flexibility index (Phi) is 21.0. The topological polar surface area (TPSA) is 54.2 Å². The van der Waals surface area contributed by atoms with Crippen LogP contribution in [-0.4, -0.2) is 48.6 Å². The summed E-state index contributed by atoms with van der Waals surface area (Å²) < 4.78 is 0. The van der Waals surface area contributed by atoms with Gasteiger partial charge in [-0.3, -0.25) is 4.98 Å². The molecule has 0 radical (unpaired) electrons. The molecule has 0 atom stereocenters. The van der Waals surface area contributed by atoms with Crippen LogP contribution in [0.2, 0.25) is 0 Å². The highest BCUT2D eigenvalue weighted by Gasteiger charge is 2.07. The number of hydrogen-bond donors (Lipinski definition) is 2. The highest BCUT2D eigenvalue weighted by atomic mass is 15.1. The van der Waals surface area contributed by atoms with Crippen molar-refractivity contribution in [3.05, 3.63) is 30.1 Å². The zero-order valence-electron chi connectivity index (χ0n) is 20.0. The van der Waals surface area contributed by atoms with Crippen LogP contribution in [-0.2, 0) is 6.42 Å². The fourth-order valence-corrected chi connectivity index (χ4v) is 3.33. The maximum absolute atomic E-state index is 5.21. The molecule has 1 aliphatic rings. The number of nitrogens with one attached hydrogen (secondary N) is 1. The highest BCUT2D eigenvalue weighted by Crippen LogP contribution is 2.08. The smallest absolute Gasteiger partial charge is 0.0403 e. The third kappa shape index (κ3) is 20.1. The van der Waals surface area contributed by atoms with Crippen LogP contribution in [0.3, 0.4) is 0 Å². The summed E-state index contributed by atoms with van der Waals surface area (Å²) in [5.41, 5.74) is 6.45. The van der Waals surface area contributed by atoms with E-state index in [0.29, 0.717) is 6.04 Å². The van der Waals surface area contributed by atoms with Crippen LogP contribution in [0.5, 0.6) is 0 Å². The third-order valence-corrected chi connectivity index (χ3v) is 4.95. The van der Waals surface area contributed by atoms with Gasteiger partial charge in [-0.2, -0.15) is 0 Å². The maximum Gasteiger partial charge on any atom is 0.0403 e. The average molecular weight is 407 g/mol. The molecule has 0 bridgehead atoms. The number of hydrogen-bond acceptors (Lipinski definition) is 4. The van der Waals surface area contributed by atoms with Crippen LogP contribution >= 0.6 is 0 Å². The Hall–Kier alpha value is -0.970. The minimum Gasteiger partial charge on any atom is -0.329 e. The largest absolute Gasteiger partial charge is 0.329 e. The van der Waals surface area contributed by atoms with E-state index in [1.54, 1.807) is 0 Å². The predicted molar refractivity (Wildman–Crippen MR) is 129 cm³/mol. The molecule has 0 aliphatic carbocycles. The van der Waals surface area contributed by atoms with Crippen LogP contribution in [0.25, 0.3) is 0 Å². The molecule has 1 saturated heterocycles. The minimum absolute atomic E-state index is 0.573. The number of nitrogens with two attached hydrogens (primary N) is 1. The van der Waals surface area contributed by atoms with E-state index in [1.165, 1.54) is 83.1 Å². The van der Waals surface area contributed by atoms with E-state index in [4.69, 9.17) is 5.73 Å². The Balaban J connectivity index is 0.000000430. The summed E-state index contributed by atoms with van der Waals surface area (Å²) in [5, 5.41) is 3.17. The van der Waals surface area contributed by atoms with Gasteiger partial charge in [0.15, 0.2) is 0 Å². The van der Waals surface area contributed by atoms with Gasteiger partial charge in [0.05, 0.1) is 0 Å². The van der Waals surface area contributed by atoms with Gasteiger partial charge in [0.1, 0.15) is 0 Å². The van der Waals surface area contributed by atoms with Crippen molar-refractivity contribution in [1.82, 2.24) is 15.2 Å². The molecule has 170 valence electrons.